The molecule has 0 saturated carbocycles. The molecule has 0 bridgehead atoms. The third-order valence-electron chi connectivity index (χ3n) is 3.08. The zero-order valence-electron chi connectivity index (χ0n) is 10.9. The van der Waals surface area contributed by atoms with Crippen LogP contribution >= 0.6 is 11.6 Å². The SMILES string of the molecule is CC(CN(C)Cc1c(Cl)oc2ccccc12)C(=O)O. The van der Waals surface area contributed by atoms with Gasteiger partial charge < -0.3 is 14.4 Å². The standard InChI is InChI=1S/C14H16ClNO3/c1-9(14(17)18)7-16(2)8-11-10-5-3-4-6-12(10)19-13(11)15/h3-6,9H,7-8H2,1-2H3,(H,17,18). The lowest BCUT2D eigenvalue weighted by Gasteiger charge is -2.18. The van der Waals surface area contributed by atoms with E-state index >= 15 is 0 Å². The molecule has 1 atom stereocenters. The van der Waals surface area contributed by atoms with Crippen molar-refractivity contribution < 1.29 is 14.3 Å². The van der Waals surface area contributed by atoms with Crippen molar-refractivity contribution in [2.24, 2.45) is 5.92 Å². The number of carboxylic acid groups (broad SMARTS) is 1. The summed E-state index contributed by atoms with van der Waals surface area (Å²) in [5.41, 5.74) is 1.65. The number of hydrogen-bond acceptors (Lipinski definition) is 3. The van der Waals surface area contributed by atoms with Gasteiger partial charge >= 0.3 is 5.97 Å². The van der Waals surface area contributed by atoms with Crippen molar-refractivity contribution in [2.45, 2.75) is 13.5 Å². The minimum Gasteiger partial charge on any atom is -0.481 e. The number of halogens is 1. The van der Waals surface area contributed by atoms with Crippen molar-refractivity contribution in [3.8, 4) is 0 Å². The Balaban J connectivity index is 2.17. The fraction of sp³-hybridized carbons (Fsp3) is 0.357. The van der Waals surface area contributed by atoms with Crippen molar-refractivity contribution in [3.05, 3.63) is 35.0 Å². The minimum atomic E-state index is -0.796. The Morgan fingerprint density at radius 2 is 2.16 bits per heavy atom. The van der Waals surface area contributed by atoms with Crippen LogP contribution < -0.4 is 0 Å². The van der Waals surface area contributed by atoms with Crippen LogP contribution in [0.4, 0.5) is 0 Å². The Labute approximate surface area is 116 Å². The van der Waals surface area contributed by atoms with E-state index in [1.807, 2.05) is 36.2 Å². The molecule has 5 heteroatoms. The molecule has 1 unspecified atom stereocenters. The van der Waals surface area contributed by atoms with Crippen molar-refractivity contribution in [2.75, 3.05) is 13.6 Å². The molecule has 1 N–H and O–H groups in total. The number of hydrogen-bond donors (Lipinski definition) is 1. The van der Waals surface area contributed by atoms with Gasteiger partial charge in [-0.2, -0.15) is 0 Å². The largest absolute Gasteiger partial charge is 0.481 e. The molecule has 0 radical (unpaired) electrons. The number of carbonyl (C=O) groups is 1. The maximum atomic E-state index is 10.8. The fourth-order valence-corrected chi connectivity index (χ4v) is 2.34. The molecule has 1 aromatic carbocycles. The summed E-state index contributed by atoms with van der Waals surface area (Å²) in [7, 11) is 1.87. The first kappa shape index (κ1) is 13.9. The van der Waals surface area contributed by atoms with E-state index in [4.69, 9.17) is 21.1 Å². The van der Waals surface area contributed by atoms with Crippen LogP contribution in [-0.4, -0.2) is 29.6 Å². The van der Waals surface area contributed by atoms with Gasteiger partial charge in [0.15, 0.2) is 5.22 Å². The second-order valence-corrected chi connectivity index (χ2v) is 5.13. The summed E-state index contributed by atoms with van der Waals surface area (Å²) in [6.45, 7) is 2.71. The van der Waals surface area contributed by atoms with E-state index in [9.17, 15) is 4.79 Å². The number of furan rings is 1. The summed E-state index contributed by atoms with van der Waals surface area (Å²) >= 11 is 6.10. The molecule has 0 aliphatic heterocycles. The highest BCUT2D eigenvalue weighted by Crippen LogP contribution is 2.30. The fourth-order valence-electron chi connectivity index (χ4n) is 2.10. The van der Waals surface area contributed by atoms with Crippen LogP contribution in [0.2, 0.25) is 5.22 Å². The highest BCUT2D eigenvalue weighted by atomic mass is 35.5. The Bertz CT molecular complexity index is 593. The predicted octanol–water partition coefficient (Wildman–Crippen LogP) is 3.24. The first-order valence-corrected chi connectivity index (χ1v) is 6.44. The van der Waals surface area contributed by atoms with Crippen molar-refractivity contribution >= 4 is 28.5 Å². The van der Waals surface area contributed by atoms with E-state index < -0.39 is 11.9 Å². The highest BCUT2D eigenvalue weighted by Gasteiger charge is 2.17. The molecule has 0 fully saturated rings. The molecular weight excluding hydrogens is 266 g/mol. The minimum absolute atomic E-state index is 0.371. The smallest absolute Gasteiger partial charge is 0.307 e. The van der Waals surface area contributed by atoms with Gasteiger partial charge in [-0.15, -0.1) is 0 Å². The van der Waals surface area contributed by atoms with Crippen LogP contribution in [0.25, 0.3) is 11.0 Å². The average Bonchev–Trinajstić information content (AvgIpc) is 2.66. The Hall–Kier alpha value is -1.52. The number of carboxylic acids is 1. The topological polar surface area (TPSA) is 53.7 Å². The normalized spacial score (nSPS) is 13.1. The number of nitrogens with zero attached hydrogens (tertiary/aromatic N) is 1. The molecule has 0 aliphatic rings. The summed E-state index contributed by atoms with van der Waals surface area (Å²) in [5, 5.41) is 10.3. The average molecular weight is 282 g/mol. The first-order chi connectivity index (χ1) is 8.99. The van der Waals surface area contributed by atoms with Crippen LogP contribution in [0.1, 0.15) is 12.5 Å². The third-order valence-corrected chi connectivity index (χ3v) is 3.39. The number of aliphatic carboxylic acids is 1. The van der Waals surface area contributed by atoms with Crippen LogP contribution in [0.3, 0.4) is 0 Å². The molecular formula is C14H16ClNO3. The molecule has 102 valence electrons. The number of para-hydroxylation sites is 1. The number of rotatable bonds is 5. The van der Waals surface area contributed by atoms with Crippen LogP contribution in [0, 0.1) is 5.92 Å². The lowest BCUT2D eigenvalue weighted by molar-refractivity contribution is -0.141. The van der Waals surface area contributed by atoms with Gasteiger partial charge in [-0.3, -0.25) is 4.79 Å². The second-order valence-electron chi connectivity index (χ2n) is 4.79. The van der Waals surface area contributed by atoms with Gasteiger partial charge in [0.1, 0.15) is 5.58 Å². The van der Waals surface area contributed by atoms with Crippen LogP contribution in [0.5, 0.6) is 0 Å². The zero-order chi connectivity index (χ0) is 14.0. The monoisotopic (exact) mass is 281 g/mol. The first-order valence-electron chi connectivity index (χ1n) is 6.06. The molecule has 1 heterocycles. The van der Waals surface area contributed by atoms with Gasteiger partial charge in [-0.25, -0.2) is 0 Å². The quantitative estimate of drug-likeness (QED) is 0.914. The molecule has 0 amide bonds. The number of benzene rings is 1. The van der Waals surface area contributed by atoms with E-state index in [-0.39, 0.29) is 0 Å². The lowest BCUT2D eigenvalue weighted by atomic mass is 10.1. The Morgan fingerprint density at radius 3 is 2.84 bits per heavy atom. The van der Waals surface area contributed by atoms with Gasteiger partial charge in [-0.05, 0) is 24.7 Å². The summed E-state index contributed by atoms with van der Waals surface area (Å²) in [6.07, 6.45) is 0. The van der Waals surface area contributed by atoms with Crippen molar-refractivity contribution in [3.63, 3.8) is 0 Å². The molecule has 4 nitrogen and oxygen atoms in total. The van der Waals surface area contributed by atoms with Gasteiger partial charge in [0, 0.05) is 24.0 Å². The lowest BCUT2D eigenvalue weighted by Crippen LogP contribution is -2.28. The molecule has 1 aromatic heterocycles. The molecule has 0 aliphatic carbocycles. The van der Waals surface area contributed by atoms with Crippen molar-refractivity contribution in [1.29, 1.82) is 0 Å². The summed E-state index contributed by atoms with van der Waals surface area (Å²) in [5.74, 6) is -1.21. The zero-order valence-corrected chi connectivity index (χ0v) is 11.6. The molecule has 0 saturated heterocycles. The van der Waals surface area contributed by atoms with E-state index in [1.54, 1.807) is 6.92 Å². The van der Waals surface area contributed by atoms with Crippen LogP contribution in [0.15, 0.2) is 28.7 Å². The van der Waals surface area contributed by atoms with E-state index in [0.717, 1.165) is 16.5 Å². The van der Waals surface area contributed by atoms with Gasteiger partial charge in [0.25, 0.3) is 0 Å². The molecule has 2 rings (SSSR count). The van der Waals surface area contributed by atoms with E-state index in [1.165, 1.54) is 0 Å². The maximum Gasteiger partial charge on any atom is 0.307 e. The molecule has 0 spiro atoms. The van der Waals surface area contributed by atoms with E-state index in [2.05, 4.69) is 0 Å². The van der Waals surface area contributed by atoms with Gasteiger partial charge in [0.2, 0.25) is 0 Å². The van der Waals surface area contributed by atoms with E-state index in [0.29, 0.717) is 18.3 Å². The molecule has 19 heavy (non-hydrogen) atoms. The van der Waals surface area contributed by atoms with Crippen LogP contribution in [-0.2, 0) is 11.3 Å². The Morgan fingerprint density at radius 1 is 1.47 bits per heavy atom. The Kier molecular flexibility index (Phi) is 4.12. The number of fused-ring (bicyclic) bond motifs is 1. The maximum absolute atomic E-state index is 10.8. The second kappa shape index (κ2) is 5.63. The van der Waals surface area contributed by atoms with Gasteiger partial charge in [-0.1, -0.05) is 25.1 Å². The summed E-state index contributed by atoms with van der Waals surface area (Å²) in [6, 6.07) is 7.64. The predicted molar refractivity (Wildman–Crippen MR) is 74.4 cm³/mol. The summed E-state index contributed by atoms with van der Waals surface area (Å²) in [4.78, 5) is 12.8. The summed E-state index contributed by atoms with van der Waals surface area (Å²) < 4.78 is 5.47. The van der Waals surface area contributed by atoms with Crippen molar-refractivity contribution in [1.82, 2.24) is 4.90 Å². The molecule has 2 aromatic rings. The van der Waals surface area contributed by atoms with Gasteiger partial charge in [0.05, 0.1) is 5.92 Å². The highest BCUT2D eigenvalue weighted by molar-refractivity contribution is 6.30. The third kappa shape index (κ3) is 3.08.